The Balaban J connectivity index is 4.57. The van der Waals surface area contributed by atoms with Crippen LogP contribution in [0, 0.1) is 59.2 Å². The van der Waals surface area contributed by atoms with Gasteiger partial charge in [-0.15, -0.1) is 0 Å². The molecule has 1 saturated heterocycles. The fourth-order valence-corrected chi connectivity index (χ4v) is 13.8. The molecule has 8 amide bonds. The van der Waals surface area contributed by atoms with E-state index in [9.17, 15) is 42.6 Å². The zero-order chi connectivity index (χ0) is 71.5. The summed E-state index contributed by atoms with van der Waals surface area (Å²) in [4.78, 5) is 172. The maximum absolute atomic E-state index is 15.3. The van der Waals surface area contributed by atoms with Crippen LogP contribution in [-0.2, 0) is 62.6 Å². The van der Waals surface area contributed by atoms with Crippen molar-refractivity contribution in [3.63, 3.8) is 0 Å². The van der Waals surface area contributed by atoms with Crippen molar-refractivity contribution in [1.29, 1.82) is 0 Å². The molecular weight excluding hydrogens is 1200 g/mol. The first-order valence-electron chi connectivity index (χ1n) is 33.2. The molecule has 0 radical (unpaired) electrons. The number of carbonyl (C=O) groups excluding carboxylic acids is 11. The van der Waals surface area contributed by atoms with Gasteiger partial charge in [0.05, 0.1) is 23.9 Å². The first kappa shape index (κ1) is 84.4. The van der Waals surface area contributed by atoms with Gasteiger partial charge in [0, 0.05) is 99.2 Å². The van der Waals surface area contributed by atoms with Crippen molar-refractivity contribution in [2.24, 2.45) is 59.2 Å². The number of aliphatic hydroxyl groups is 2. The van der Waals surface area contributed by atoms with E-state index in [1.807, 2.05) is 41.5 Å². The lowest BCUT2D eigenvalue weighted by Gasteiger charge is -2.41. The SMILES string of the molecule is C/C=C/C[C@@H](C)[C@@H](O)[C@H]1C(=O)N[C@@H](CC)C(=O)N(C)[C@H](CCCO)C(=O)N(C)[C@@H]([C@H](C)CS(C)(=O)=O)C(=O)C[C@@H](C(C)C)C(=O)N(C)[C@@H](CC(C)C)C(=O)C[C@@H](C)C(=O)C[C@H](C)C(=O)N(C)[C@@H](CC(C)C)C(=O)N(C)[C@@H](CC(C)C)C(=O)N(C)[C@@H](C(C)C)C(=O)N1C. The number of aliphatic hydroxyl groups excluding tert-OH is 2. The van der Waals surface area contributed by atoms with Crippen molar-refractivity contribution in [1.82, 2.24) is 39.6 Å². The van der Waals surface area contributed by atoms with E-state index < -0.39 is 189 Å². The van der Waals surface area contributed by atoms with Gasteiger partial charge in [-0.25, -0.2) is 8.42 Å². The molecule has 0 aromatic heterocycles. The van der Waals surface area contributed by atoms with Gasteiger partial charge in [0.25, 0.3) is 0 Å². The average molecular weight is 1320 g/mol. The van der Waals surface area contributed by atoms with Gasteiger partial charge < -0.3 is 49.8 Å². The van der Waals surface area contributed by atoms with Crippen molar-refractivity contribution in [3.05, 3.63) is 12.2 Å². The molecular formula is C68H120N8O15S. The summed E-state index contributed by atoms with van der Waals surface area (Å²) in [7, 11) is 5.92. The van der Waals surface area contributed by atoms with E-state index in [0.29, 0.717) is 0 Å². The number of rotatable bonds is 19. The second-order valence-electron chi connectivity index (χ2n) is 28.5. The van der Waals surface area contributed by atoms with Gasteiger partial charge in [-0.3, -0.25) is 52.7 Å². The van der Waals surface area contributed by atoms with E-state index in [0.717, 1.165) is 21.0 Å². The maximum Gasteiger partial charge on any atom is 0.246 e. The minimum atomic E-state index is -3.82. The van der Waals surface area contributed by atoms with Crippen LogP contribution in [0.1, 0.15) is 175 Å². The predicted octanol–water partition coefficient (Wildman–Crippen LogP) is 5.32. The molecule has 0 bridgehead atoms. The molecule has 528 valence electrons. The molecule has 0 saturated carbocycles. The normalized spacial score (nSPS) is 27.3. The van der Waals surface area contributed by atoms with Crippen LogP contribution in [0.15, 0.2) is 12.2 Å². The number of hydrogen-bond donors (Lipinski definition) is 3. The van der Waals surface area contributed by atoms with Crippen LogP contribution >= 0.6 is 0 Å². The number of carbonyl (C=O) groups is 11. The number of hydrogen-bond acceptors (Lipinski definition) is 15. The highest BCUT2D eigenvalue weighted by molar-refractivity contribution is 7.90. The number of Topliss-reactive ketones (excluding diaryl/α,β-unsaturated/α-hetero) is 3. The van der Waals surface area contributed by atoms with Crippen LogP contribution in [0.3, 0.4) is 0 Å². The van der Waals surface area contributed by atoms with Crippen LogP contribution in [-0.4, -0.2) is 240 Å². The summed E-state index contributed by atoms with van der Waals surface area (Å²) in [5, 5.41) is 25.1. The highest BCUT2D eigenvalue weighted by Gasteiger charge is 2.47. The molecule has 1 heterocycles. The van der Waals surface area contributed by atoms with Gasteiger partial charge in [-0.2, -0.15) is 0 Å². The molecule has 24 heteroatoms. The van der Waals surface area contributed by atoms with E-state index in [2.05, 4.69) is 5.32 Å². The Kier molecular flexibility index (Phi) is 34.9. The first-order valence-corrected chi connectivity index (χ1v) is 35.3. The Bertz CT molecular complexity index is 2660. The Morgan fingerprint density at radius 3 is 1.41 bits per heavy atom. The largest absolute Gasteiger partial charge is 0.396 e. The summed E-state index contributed by atoms with van der Waals surface area (Å²) in [5.74, 6) is -14.1. The lowest BCUT2D eigenvalue weighted by Crippen LogP contribution is -2.64. The third-order valence-corrected chi connectivity index (χ3v) is 19.4. The lowest BCUT2D eigenvalue weighted by atomic mass is 9.83. The van der Waals surface area contributed by atoms with Crippen LogP contribution in [0.5, 0.6) is 0 Å². The highest BCUT2D eigenvalue weighted by Crippen LogP contribution is 2.30. The quantitative estimate of drug-likeness (QED) is 0.138. The summed E-state index contributed by atoms with van der Waals surface area (Å²) >= 11 is 0. The lowest BCUT2D eigenvalue weighted by molar-refractivity contribution is -0.157. The number of nitrogens with one attached hydrogen (secondary N) is 1. The van der Waals surface area contributed by atoms with Crippen LogP contribution in [0.4, 0.5) is 0 Å². The fraction of sp³-hybridized carbons (Fsp3) is 0.809. The molecule has 1 aliphatic rings. The van der Waals surface area contributed by atoms with Crippen molar-refractivity contribution in [2.45, 2.75) is 229 Å². The van der Waals surface area contributed by atoms with Gasteiger partial charge in [0.1, 0.15) is 51.9 Å². The second-order valence-corrected chi connectivity index (χ2v) is 30.7. The number of amides is 8. The highest BCUT2D eigenvalue weighted by atomic mass is 32.2. The zero-order valence-electron chi connectivity index (χ0n) is 60.4. The molecule has 0 aromatic rings. The van der Waals surface area contributed by atoms with E-state index in [1.165, 1.54) is 75.9 Å². The molecule has 23 nitrogen and oxygen atoms in total. The van der Waals surface area contributed by atoms with Crippen LogP contribution in [0.25, 0.3) is 0 Å². The molecule has 0 aromatic carbocycles. The molecule has 1 aliphatic heterocycles. The van der Waals surface area contributed by atoms with Gasteiger partial charge in [-0.1, -0.05) is 116 Å². The third kappa shape index (κ3) is 23.7. The van der Waals surface area contributed by atoms with Gasteiger partial charge in [0.2, 0.25) is 47.3 Å². The molecule has 1 rings (SSSR count). The fourth-order valence-electron chi connectivity index (χ4n) is 12.7. The molecule has 92 heavy (non-hydrogen) atoms. The number of sulfone groups is 1. The number of likely N-dealkylation sites (N-methyl/N-ethyl adjacent to an activating group) is 7. The number of allylic oxidation sites excluding steroid dienone is 2. The van der Waals surface area contributed by atoms with Crippen LogP contribution in [0.2, 0.25) is 0 Å². The Morgan fingerprint density at radius 1 is 0.522 bits per heavy atom. The van der Waals surface area contributed by atoms with Crippen molar-refractivity contribution in [3.8, 4) is 0 Å². The molecule has 14 atom stereocenters. The Labute approximate surface area is 551 Å². The molecule has 3 N–H and O–H groups in total. The summed E-state index contributed by atoms with van der Waals surface area (Å²) in [6.45, 7) is 27.3. The third-order valence-electron chi connectivity index (χ3n) is 18.3. The summed E-state index contributed by atoms with van der Waals surface area (Å²) in [5.41, 5.74) is 0. The van der Waals surface area contributed by atoms with Crippen molar-refractivity contribution in [2.75, 3.05) is 67.9 Å². The van der Waals surface area contributed by atoms with E-state index in [1.54, 1.807) is 74.5 Å². The minimum absolute atomic E-state index is 0.0270. The monoisotopic (exact) mass is 1320 g/mol. The predicted molar refractivity (Wildman–Crippen MR) is 357 cm³/mol. The van der Waals surface area contributed by atoms with Crippen LogP contribution < -0.4 is 5.32 Å². The summed E-state index contributed by atoms with van der Waals surface area (Å²) in [6, 6.07) is -10.7. The zero-order valence-corrected chi connectivity index (χ0v) is 61.2. The minimum Gasteiger partial charge on any atom is -0.396 e. The topological polar surface area (TPSA) is 297 Å². The molecule has 1 fully saturated rings. The molecule has 0 spiro atoms. The standard InChI is InChI=1S/C68H120N8O15S/c1-25-27-29-44(13)60(81)59-61(82)69-49(26-2)64(85)70(17)50(30-28-31-77)65(86)75(22)58(47(16)38-92(24,90)91)56(80)37-48(42(9)10)63(84)71(18)51(32-39(3)4)55(79)35-45(14)54(78)36-46(15)62(83)72(19)52(33-40(5)6)66(87)73(20)53(34-41(7)8)67(88)74(21)57(43(11)12)68(89)76(59)23/h25,27,39-53,57-60,77,81H,26,28-38H2,1-24H3,(H,69,82)/b27-25+/t44-,45-,46+,47-,48+,49+,50-,51+,52+,53+,57+,58+,59+,60-/m1/s1. The van der Waals surface area contributed by atoms with Gasteiger partial charge >= 0.3 is 0 Å². The summed E-state index contributed by atoms with van der Waals surface area (Å²) in [6.07, 6.45) is 2.32. The second kappa shape index (κ2) is 38.1. The Hall–Kier alpha value is -5.62. The molecule has 0 aliphatic carbocycles. The number of nitrogens with zero attached hydrogens (tertiary/aromatic N) is 7. The van der Waals surface area contributed by atoms with Gasteiger partial charge in [-0.05, 0) is 93.3 Å². The molecule has 0 unspecified atom stereocenters. The smallest absolute Gasteiger partial charge is 0.246 e. The maximum atomic E-state index is 15.3. The van der Waals surface area contributed by atoms with E-state index in [-0.39, 0.29) is 75.5 Å². The van der Waals surface area contributed by atoms with Crippen molar-refractivity contribution < 1.29 is 71.4 Å². The van der Waals surface area contributed by atoms with Gasteiger partial charge in [0.15, 0.2) is 11.6 Å². The Morgan fingerprint density at radius 2 is 0.957 bits per heavy atom. The first-order chi connectivity index (χ1) is 42.4. The van der Waals surface area contributed by atoms with Crippen molar-refractivity contribution >= 4 is 74.4 Å². The summed E-state index contributed by atoms with van der Waals surface area (Å²) < 4.78 is 26.0. The average Bonchev–Trinajstić information content (AvgIpc) is 0.821. The van der Waals surface area contributed by atoms with E-state index in [4.69, 9.17) is 0 Å². The van der Waals surface area contributed by atoms with E-state index >= 15 is 28.8 Å². The number of ketones is 3.